The Morgan fingerprint density at radius 2 is 2.45 bits per heavy atom. The Balaban J connectivity index is 1.77. The second-order valence-corrected chi connectivity index (χ2v) is 5.06. The number of likely N-dealkylation sites (N-methyl/N-ethyl adjacent to an activating group) is 1. The van der Waals surface area contributed by atoms with Crippen molar-refractivity contribution in [1.82, 2.24) is 14.9 Å². The number of nitrogens with zero attached hydrogens (tertiary/aromatic N) is 3. The fraction of sp³-hybridized carbons (Fsp3) is 0.571. The molecule has 0 spiro atoms. The molecule has 2 aromatic rings. The van der Waals surface area contributed by atoms with Crippen LogP contribution in [0.5, 0.6) is 5.75 Å². The molecule has 0 radical (unpaired) electrons. The average molecular weight is 276 g/mol. The van der Waals surface area contributed by atoms with Crippen LogP contribution < -0.4 is 10.1 Å². The molecule has 108 valence electrons. The van der Waals surface area contributed by atoms with E-state index in [-0.39, 0.29) is 0 Å². The van der Waals surface area contributed by atoms with E-state index in [1.807, 2.05) is 0 Å². The molecule has 0 aromatic carbocycles. The molecule has 0 saturated carbocycles. The van der Waals surface area contributed by atoms with Crippen molar-refractivity contribution in [1.29, 1.82) is 0 Å². The maximum Gasteiger partial charge on any atom is 0.297 e. The third kappa shape index (κ3) is 2.56. The average Bonchev–Trinajstić information content (AvgIpc) is 2.89. The Morgan fingerprint density at radius 1 is 1.55 bits per heavy atom. The minimum Gasteiger partial charge on any atom is -0.493 e. The Morgan fingerprint density at radius 3 is 3.25 bits per heavy atom. The molecule has 1 atom stereocenters. The number of likely N-dealkylation sites (tertiary alicyclic amines) is 1. The normalized spacial score (nSPS) is 20.2. The van der Waals surface area contributed by atoms with Gasteiger partial charge in [-0.25, -0.2) is 4.98 Å². The quantitative estimate of drug-likeness (QED) is 0.923. The summed E-state index contributed by atoms with van der Waals surface area (Å²) in [6, 6.07) is 2.68. The number of aromatic nitrogens is 2. The van der Waals surface area contributed by atoms with Crippen LogP contribution in [0.2, 0.25) is 0 Å². The van der Waals surface area contributed by atoms with Gasteiger partial charge in [0.1, 0.15) is 0 Å². The zero-order valence-corrected chi connectivity index (χ0v) is 11.9. The van der Waals surface area contributed by atoms with E-state index in [4.69, 9.17) is 9.15 Å². The second kappa shape index (κ2) is 5.66. The van der Waals surface area contributed by atoms with Crippen LogP contribution in [0.3, 0.4) is 0 Å². The zero-order chi connectivity index (χ0) is 13.9. The lowest BCUT2D eigenvalue weighted by atomic mass is 10.1. The summed E-state index contributed by atoms with van der Waals surface area (Å²) < 4.78 is 11.0. The van der Waals surface area contributed by atoms with Gasteiger partial charge in [-0.3, -0.25) is 0 Å². The molecule has 0 unspecified atom stereocenters. The molecular formula is C14H20N4O2. The van der Waals surface area contributed by atoms with Gasteiger partial charge in [-0.15, -0.1) is 0 Å². The van der Waals surface area contributed by atoms with Crippen LogP contribution in [0.4, 0.5) is 6.01 Å². The molecule has 20 heavy (non-hydrogen) atoms. The molecule has 0 aliphatic carbocycles. The predicted octanol–water partition coefficient (Wildman–Crippen LogP) is 2.13. The number of hydrogen-bond donors (Lipinski definition) is 1. The number of fused-ring (bicyclic) bond motifs is 1. The van der Waals surface area contributed by atoms with Crippen LogP contribution in [0.15, 0.2) is 16.7 Å². The van der Waals surface area contributed by atoms with E-state index in [9.17, 15) is 0 Å². The molecule has 1 aliphatic rings. The van der Waals surface area contributed by atoms with Crippen LogP contribution in [0, 0.1) is 0 Å². The summed E-state index contributed by atoms with van der Waals surface area (Å²) in [4.78, 5) is 11.0. The summed E-state index contributed by atoms with van der Waals surface area (Å²) in [5.41, 5.74) is 1.18. The first-order chi connectivity index (χ1) is 9.80. The van der Waals surface area contributed by atoms with Crippen molar-refractivity contribution in [3.05, 3.63) is 12.3 Å². The molecule has 3 rings (SSSR count). The van der Waals surface area contributed by atoms with Gasteiger partial charge in [-0.2, -0.15) is 4.98 Å². The smallest absolute Gasteiger partial charge is 0.297 e. The maximum atomic E-state index is 5.73. The maximum absolute atomic E-state index is 5.73. The highest BCUT2D eigenvalue weighted by molar-refractivity contribution is 5.76. The van der Waals surface area contributed by atoms with Gasteiger partial charge in [0.05, 0.1) is 7.11 Å². The monoisotopic (exact) mass is 276 g/mol. The topological polar surface area (TPSA) is 63.4 Å². The molecule has 1 saturated heterocycles. The Bertz CT molecular complexity index is 584. The van der Waals surface area contributed by atoms with E-state index in [2.05, 4.69) is 27.1 Å². The van der Waals surface area contributed by atoms with Gasteiger partial charge in [-0.1, -0.05) is 6.92 Å². The van der Waals surface area contributed by atoms with Crippen LogP contribution in [-0.2, 0) is 0 Å². The predicted molar refractivity (Wildman–Crippen MR) is 77.1 cm³/mol. The van der Waals surface area contributed by atoms with E-state index < -0.39 is 0 Å². The fourth-order valence-corrected chi connectivity index (χ4v) is 2.67. The summed E-state index contributed by atoms with van der Waals surface area (Å²) in [7, 11) is 1.62. The number of rotatable bonds is 4. The van der Waals surface area contributed by atoms with Gasteiger partial charge in [0.15, 0.2) is 5.75 Å². The molecule has 1 aliphatic heterocycles. The van der Waals surface area contributed by atoms with Crippen molar-refractivity contribution in [2.45, 2.75) is 25.8 Å². The van der Waals surface area contributed by atoms with Crippen molar-refractivity contribution in [2.24, 2.45) is 0 Å². The SMILES string of the molecule is CCN1CCC[C@@H](Nc2nc3nccc(OC)c3o2)C1. The summed E-state index contributed by atoms with van der Waals surface area (Å²) in [5.74, 6) is 0.661. The van der Waals surface area contributed by atoms with Crippen LogP contribution in [0.25, 0.3) is 11.2 Å². The minimum atomic E-state index is 0.378. The highest BCUT2D eigenvalue weighted by Gasteiger charge is 2.21. The number of anilines is 1. The van der Waals surface area contributed by atoms with Gasteiger partial charge >= 0.3 is 0 Å². The first kappa shape index (κ1) is 13.2. The molecular weight excluding hydrogens is 256 g/mol. The molecule has 6 heteroatoms. The van der Waals surface area contributed by atoms with E-state index in [1.54, 1.807) is 19.4 Å². The summed E-state index contributed by atoms with van der Waals surface area (Å²) in [6.45, 7) is 5.48. The standard InChI is InChI=1S/C14H20N4O2/c1-3-18-8-4-5-10(9-18)16-14-17-13-12(20-14)11(19-2)6-7-15-13/h6-7,10H,3-5,8-9H2,1-2H3,(H,15,16,17)/t10-/m1/s1. The number of methoxy groups -OCH3 is 1. The van der Waals surface area contributed by atoms with Gasteiger partial charge in [0, 0.05) is 24.8 Å². The summed E-state index contributed by atoms with van der Waals surface area (Å²) in [5, 5.41) is 3.37. The Kier molecular flexibility index (Phi) is 3.73. The lowest BCUT2D eigenvalue weighted by Crippen LogP contribution is -2.41. The molecule has 0 amide bonds. The largest absolute Gasteiger partial charge is 0.493 e. The number of piperidine rings is 1. The third-order valence-electron chi connectivity index (χ3n) is 3.76. The highest BCUT2D eigenvalue weighted by Crippen LogP contribution is 2.27. The number of ether oxygens (including phenoxy) is 1. The molecule has 1 fully saturated rings. The molecule has 1 N–H and O–H groups in total. The zero-order valence-electron chi connectivity index (χ0n) is 11.9. The Hall–Kier alpha value is -1.82. The number of hydrogen-bond acceptors (Lipinski definition) is 6. The van der Waals surface area contributed by atoms with E-state index in [0.717, 1.165) is 19.5 Å². The Labute approximate surface area is 118 Å². The van der Waals surface area contributed by atoms with Gasteiger partial charge in [0.25, 0.3) is 6.01 Å². The first-order valence-corrected chi connectivity index (χ1v) is 7.08. The van der Waals surface area contributed by atoms with Gasteiger partial charge in [0.2, 0.25) is 11.2 Å². The molecule has 6 nitrogen and oxygen atoms in total. The summed E-state index contributed by atoms with van der Waals surface area (Å²) >= 11 is 0. The van der Waals surface area contributed by atoms with Gasteiger partial charge < -0.3 is 19.4 Å². The van der Waals surface area contributed by atoms with Crippen molar-refractivity contribution < 1.29 is 9.15 Å². The van der Waals surface area contributed by atoms with E-state index in [0.29, 0.717) is 29.0 Å². The third-order valence-corrected chi connectivity index (χ3v) is 3.76. The van der Waals surface area contributed by atoms with Crippen LogP contribution >= 0.6 is 0 Å². The number of pyridine rings is 1. The van der Waals surface area contributed by atoms with Gasteiger partial charge in [-0.05, 0) is 25.9 Å². The van der Waals surface area contributed by atoms with Crippen LogP contribution in [0.1, 0.15) is 19.8 Å². The van der Waals surface area contributed by atoms with E-state index in [1.165, 1.54) is 13.0 Å². The van der Waals surface area contributed by atoms with Crippen molar-refractivity contribution in [3.8, 4) is 5.75 Å². The molecule has 2 aromatic heterocycles. The van der Waals surface area contributed by atoms with E-state index >= 15 is 0 Å². The highest BCUT2D eigenvalue weighted by atomic mass is 16.5. The lowest BCUT2D eigenvalue weighted by molar-refractivity contribution is 0.225. The second-order valence-electron chi connectivity index (χ2n) is 5.06. The number of nitrogens with one attached hydrogen (secondary N) is 1. The lowest BCUT2D eigenvalue weighted by Gasteiger charge is -2.31. The van der Waals surface area contributed by atoms with Crippen molar-refractivity contribution in [3.63, 3.8) is 0 Å². The molecule has 3 heterocycles. The first-order valence-electron chi connectivity index (χ1n) is 7.08. The molecule has 0 bridgehead atoms. The van der Waals surface area contributed by atoms with Crippen LogP contribution in [-0.4, -0.2) is 47.7 Å². The summed E-state index contributed by atoms with van der Waals surface area (Å²) in [6.07, 6.45) is 4.01. The van der Waals surface area contributed by atoms with Crippen molar-refractivity contribution >= 4 is 17.2 Å². The van der Waals surface area contributed by atoms with Crippen molar-refractivity contribution in [2.75, 3.05) is 32.1 Å². The fourth-order valence-electron chi connectivity index (χ4n) is 2.67. The number of oxazole rings is 1. The minimum absolute atomic E-state index is 0.378.